The van der Waals surface area contributed by atoms with Crippen LogP contribution in [0.4, 0.5) is 11.5 Å². The number of rotatable bonds is 4. The van der Waals surface area contributed by atoms with Crippen molar-refractivity contribution in [2.24, 2.45) is 0 Å². The molecule has 1 aliphatic heterocycles. The molecule has 0 saturated carbocycles. The molecule has 1 aromatic rings. The Morgan fingerprint density at radius 2 is 2.11 bits per heavy atom. The molecule has 104 valence electrons. The highest BCUT2D eigenvalue weighted by atomic mass is 35.5. The van der Waals surface area contributed by atoms with Crippen molar-refractivity contribution < 1.29 is 4.79 Å². The van der Waals surface area contributed by atoms with E-state index < -0.39 is 0 Å². The molecule has 0 aliphatic carbocycles. The third-order valence-electron chi connectivity index (χ3n) is 3.20. The number of nitrogens with two attached hydrogens (primary N) is 1. The molecule has 0 aromatic carbocycles. The van der Waals surface area contributed by atoms with E-state index in [-0.39, 0.29) is 11.2 Å². The van der Waals surface area contributed by atoms with Crippen LogP contribution in [-0.2, 0) is 4.79 Å². The Hall–Kier alpha value is -1.56. The van der Waals surface area contributed by atoms with E-state index in [1.54, 1.807) is 6.92 Å². The van der Waals surface area contributed by atoms with Crippen molar-refractivity contribution in [1.29, 1.82) is 0 Å². The van der Waals surface area contributed by atoms with Crippen LogP contribution < -0.4 is 11.1 Å². The van der Waals surface area contributed by atoms with E-state index in [9.17, 15) is 4.79 Å². The van der Waals surface area contributed by atoms with Crippen molar-refractivity contribution in [2.75, 3.05) is 30.7 Å². The average molecular weight is 284 g/mol. The number of hydrogen-bond donors (Lipinski definition) is 2. The van der Waals surface area contributed by atoms with Crippen molar-refractivity contribution in [3.8, 4) is 0 Å². The first-order valence-corrected chi connectivity index (χ1v) is 6.77. The zero-order valence-corrected chi connectivity index (χ0v) is 11.7. The lowest BCUT2D eigenvalue weighted by Gasteiger charge is -2.15. The first kappa shape index (κ1) is 13.9. The highest BCUT2D eigenvalue weighted by Gasteiger charge is 2.17. The zero-order chi connectivity index (χ0) is 13.8. The summed E-state index contributed by atoms with van der Waals surface area (Å²) in [5.74, 6) is 0.659. The van der Waals surface area contributed by atoms with Crippen LogP contribution in [0.1, 0.15) is 25.0 Å². The molecule has 7 heteroatoms. The summed E-state index contributed by atoms with van der Waals surface area (Å²) in [5.41, 5.74) is 6.95. The fourth-order valence-electron chi connectivity index (χ4n) is 2.09. The standard InChI is InChI=1S/C12H18ClN5O/c1-8-10(14)11(17-12(13)16-8)15-5-4-9(19)18-6-2-3-7-18/h2-7,14H2,1H3,(H,15,16,17). The highest BCUT2D eigenvalue weighted by molar-refractivity contribution is 6.28. The molecule has 1 saturated heterocycles. The number of likely N-dealkylation sites (tertiary alicyclic amines) is 1. The summed E-state index contributed by atoms with van der Waals surface area (Å²) in [6.07, 6.45) is 2.64. The molecule has 0 bridgehead atoms. The van der Waals surface area contributed by atoms with Crippen molar-refractivity contribution in [1.82, 2.24) is 14.9 Å². The maximum absolute atomic E-state index is 11.9. The molecule has 2 heterocycles. The average Bonchev–Trinajstić information content (AvgIpc) is 2.88. The van der Waals surface area contributed by atoms with E-state index in [0.717, 1.165) is 25.9 Å². The molecule has 0 radical (unpaired) electrons. The minimum Gasteiger partial charge on any atom is -0.394 e. The quantitative estimate of drug-likeness (QED) is 0.817. The smallest absolute Gasteiger partial charge is 0.224 e. The molecular formula is C12H18ClN5O. The monoisotopic (exact) mass is 283 g/mol. The molecule has 1 aliphatic rings. The van der Waals surface area contributed by atoms with Gasteiger partial charge in [0, 0.05) is 26.1 Å². The number of carbonyl (C=O) groups is 1. The number of nitrogen functional groups attached to an aromatic ring is 1. The van der Waals surface area contributed by atoms with Gasteiger partial charge in [0.2, 0.25) is 11.2 Å². The molecule has 1 fully saturated rings. The van der Waals surface area contributed by atoms with Crippen LogP contribution in [0.25, 0.3) is 0 Å². The van der Waals surface area contributed by atoms with Gasteiger partial charge < -0.3 is 16.0 Å². The molecule has 1 aromatic heterocycles. The SMILES string of the molecule is Cc1nc(Cl)nc(NCCC(=O)N2CCCC2)c1N. The Bertz CT molecular complexity index is 473. The van der Waals surface area contributed by atoms with Crippen LogP contribution in [0, 0.1) is 6.92 Å². The van der Waals surface area contributed by atoms with Gasteiger partial charge in [-0.1, -0.05) is 0 Å². The maximum Gasteiger partial charge on any atom is 0.224 e. The van der Waals surface area contributed by atoms with Gasteiger partial charge >= 0.3 is 0 Å². The molecule has 2 rings (SSSR count). The van der Waals surface area contributed by atoms with Gasteiger partial charge in [-0.2, -0.15) is 4.98 Å². The summed E-state index contributed by atoms with van der Waals surface area (Å²) in [6, 6.07) is 0. The summed E-state index contributed by atoms with van der Waals surface area (Å²) < 4.78 is 0. The van der Waals surface area contributed by atoms with Crippen molar-refractivity contribution >= 4 is 29.0 Å². The van der Waals surface area contributed by atoms with Crippen LogP contribution in [0.15, 0.2) is 0 Å². The molecule has 6 nitrogen and oxygen atoms in total. The molecule has 1 amide bonds. The molecule has 19 heavy (non-hydrogen) atoms. The Morgan fingerprint density at radius 1 is 1.42 bits per heavy atom. The third kappa shape index (κ3) is 3.47. The summed E-state index contributed by atoms with van der Waals surface area (Å²) >= 11 is 5.77. The molecule has 0 spiro atoms. The second-order valence-corrected chi connectivity index (χ2v) is 4.94. The van der Waals surface area contributed by atoms with E-state index >= 15 is 0 Å². The lowest BCUT2D eigenvalue weighted by molar-refractivity contribution is -0.129. The summed E-state index contributed by atoms with van der Waals surface area (Å²) in [5, 5.41) is 3.19. The topological polar surface area (TPSA) is 84.1 Å². The molecule has 3 N–H and O–H groups in total. The normalized spacial score (nSPS) is 14.7. The van der Waals surface area contributed by atoms with Gasteiger partial charge in [-0.05, 0) is 31.4 Å². The van der Waals surface area contributed by atoms with Crippen LogP contribution in [0.2, 0.25) is 5.28 Å². The number of nitrogens with one attached hydrogen (secondary N) is 1. The zero-order valence-electron chi connectivity index (χ0n) is 10.9. The van der Waals surface area contributed by atoms with Gasteiger partial charge in [-0.15, -0.1) is 0 Å². The lowest BCUT2D eigenvalue weighted by atomic mass is 10.3. The van der Waals surface area contributed by atoms with E-state index in [1.165, 1.54) is 0 Å². The Balaban J connectivity index is 1.87. The van der Waals surface area contributed by atoms with Gasteiger partial charge in [-0.25, -0.2) is 4.98 Å². The largest absolute Gasteiger partial charge is 0.394 e. The molecule has 0 unspecified atom stereocenters. The fraction of sp³-hybridized carbons (Fsp3) is 0.583. The van der Waals surface area contributed by atoms with E-state index in [0.29, 0.717) is 30.2 Å². The Morgan fingerprint density at radius 3 is 2.79 bits per heavy atom. The maximum atomic E-state index is 11.9. The van der Waals surface area contributed by atoms with Crippen molar-refractivity contribution in [3.63, 3.8) is 0 Å². The second-order valence-electron chi connectivity index (χ2n) is 4.60. The van der Waals surface area contributed by atoms with Gasteiger partial charge in [0.15, 0.2) is 5.82 Å². The van der Waals surface area contributed by atoms with E-state index in [1.807, 2.05) is 4.90 Å². The number of anilines is 2. The van der Waals surface area contributed by atoms with Crippen LogP contribution in [0.3, 0.4) is 0 Å². The highest BCUT2D eigenvalue weighted by Crippen LogP contribution is 2.20. The van der Waals surface area contributed by atoms with E-state index in [2.05, 4.69) is 15.3 Å². The van der Waals surface area contributed by atoms with Gasteiger partial charge in [0.05, 0.1) is 11.4 Å². The van der Waals surface area contributed by atoms with Crippen LogP contribution >= 0.6 is 11.6 Å². The number of nitrogens with zero attached hydrogens (tertiary/aromatic N) is 3. The predicted octanol–water partition coefficient (Wildman–Crippen LogP) is 1.45. The predicted molar refractivity (Wildman–Crippen MR) is 75.1 cm³/mol. The third-order valence-corrected chi connectivity index (χ3v) is 3.37. The first-order valence-electron chi connectivity index (χ1n) is 6.39. The van der Waals surface area contributed by atoms with Crippen LogP contribution in [0.5, 0.6) is 0 Å². The van der Waals surface area contributed by atoms with E-state index in [4.69, 9.17) is 17.3 Å². The van der Waals surface area contributed by atoms with Crippen molar-refractivity contribution in [2.45, 2.75) is 26.2 Å². The minimum absolute atomic E-state index is 0.153. The number of aromatic nitrogens is 2. The number of halogens is 1. The summed E-state index contributed by atoms with van der Waals surface area (Å²) in [6.45, 7) is 4.01. The molecule has 0 atom stereocenters. The lowest BCUT2D eigenvalue weighted by Crippen LogP contribution is -2.29. The first-order chi connectivity index (χ1) is 9.08. The van der Waals surface area contributed by atoms with Gasteiger partial charge in [-0.3, -0.25) is 4.79 Å². The number of carbonyl (C=O) groups excluding carboxylic acids is 1. The summed E-state index contributed by atoms with van der Waals surface area (Å²) in [4.78, 5) is 21.7. The fourth-order valence-corrected chi connectivity index (χ4v) is 2.31. The Labute approximate surface area is 117 Å². The summed E-state index contributed by atoms with van der Waals surface area (Å²) in [7, 11) is 0. The van der Waals surface area contributed by atoms with Crippen LogP contribution in [-0.4, -0.2) is 40.4 Å². The minimum atomic E-state index is 0.153. The second kappa shape index (κ2) is 6.06. The number of aryl methyl sites for hydroxylation is 1. The Kier molecular flexibility index (Phi) is 4.42. The number of hydrogen-bond acceptors (Lipinski definition) is 5. The van der Waals surface area contributed by atoms with Gasteiger partial charge in [0.25, 0.3) is 0 Å². The van der Waals surface area contributed by atoms with Gasteiger partial charge in [0.1, 0.15) is 0 Å². The van der Waals surface area contributed by atoms with Crippen molar-refractivity contribution in [3.05, 3.63) is 11.0 Å². The number of amides is 1. The molecular weight excluding hydrogens is 266 g/mol.